The highest BCUT2D eigenvalue weighted by Gasteiger charge is 2.21. The van der Waals surface area contributed by atoms with E-state index in [-0.39, 0.29) is 0 Å². The zero-order valence-corrected chi connectivity index (χ0v) is 22.0. The highest BCUT2D eigenvalue weighted by Crippen LogP contribution is 2.38. The van der Waals surface area contributed by atoms with Crippen molar-refractivity contribution in [3.63, 3.8) is 0 Å². The number of halogens is 2. The van der Waals surface area contributed by atoms with E-state index in [9.17, 15) is 0 Å². The van der Waals surface area contributed by atoms with Gasteiger partial charge in [0.05, 0.1) is 27.7 Å². The molecule has 35 heavy (non-hydrogen) atoms. The van der Waals surface area contributed by atoms with E-state index in [0.29, 0.717) is 28.5 Å². The minimum absolute atomic E-state index is 0.560. The molecule has 0 spiro atoms. The predicted octanol–water partition coefficient (Wildman–Crippen LogP) is 8.07. The standard InChI is InChI=1S/C26H26Cl2N2O2S.C2H2/c1-17-16-29-26(32-17)25-15-20-23(4-2-5-24(20)33-25)31-13-3-10-30-11-8-18(9-12-30)19-6-7-21(27)22(28)14-19;1-2/h2,4-7,14-16,18H,3,8-13H2,1H3;1-2H. The molecule has 1 aliphatic heterocycles. The Morgan fingerprint density at radius 2 is 1.91 bits per heavy atom. The van der Waals surface area contributed by atoms with Crippen LogP contribution in [-0.4, -0.2) is 36.1 Å². The van der Waals surface area contributed by atoms with Gasteiger partial charge in [-0.2, -0.15) is 0 Å². The highest BCUT2D eigenvalue weighted by molar-refractivity contribution is 7.22. The number of terminal acetylenes is 1. The Hall–Kier alpha value is -2.49. The van der Waals surface area contributed by atoms with Crippen molar-refractivity contribution in [3.8, 4) is 29.4 Å². The van der Waals surface area contributed by atoms with E-state index < -0.39 is 0 Å². The van der Waals surface area contributed by atoms with Crippen molar-refractivity contribution in [1.29, 1.82) is 0 Å². The summed E-state index contributed by atoms with van der Waals surface area (Å²) in [4.78, 5) is 7.92. The maximum absolute atomic E-state index is 6.20. The zero-order chi connectivity index (χ0) is 24.8. The summed E-state index contributed by atoms with van der Waals surface area (Å²) in [5.74, 6) is 2.98. The van der Waals surface area contributed by atoms with Gasteiger partial charge in [-0.1, -0.05) is 35.3 Å². The number of hydrogen-bond acceptors (Lipinski definition) is 5. The number of aryl methyl sites for hydroxylation is 1. The van der Waals surface area contributed by atoms with Crippen LogP contribution in [-0.2, 0) is 0 Å². The number of nitrogens with zero attached hydrogens (tertiary/aromatic N) is 2. The fourth-order valence-electron chi connectivity index (χ4n) is 4.46. The van der Waals surface area contributed by atoms with Gasteiger partial charge in [-0.3, -0.25) is 0 Å². The Morgan fingerprint density at radius 1 is 1.11 bits per heavy atom. The van der Waals surface area contributed by atoms with E-state index in [1.54, 1.807) is 17.5 Å². The van der Waals surface area contributed by atoms with Gasteiger partial charge in [-0.25, -0.2) is 4.98 Å². The van der Waals surface area contributed by atoms with Crippen molar-refractivity contribution in [3.05, 3.63) is 70.0 Å². The molecule has 0 radical (unpaired) electrons. The molecule has 1 aliphatic rings. The van der Waals surface area contributed by atoms with Gasteiger partial charge in [0, 0.05) is 16.6 Å². The lowest BCUT2D eigenvalue weighted by Crippen LogP contribution is -2.34. The highest BCUT2D eigenvalue weighted by atomic mass is 35.5. The second-order valence-corrected chi connectivity index (χ2v) is 10.4. The van der Waals surface area contributed by atoms with Crippen LogP contribution in [0, 0.1) is 19.8 Å². The van der Waals surface area contributed by atoms with Crippen molar-refractivity contribution < 1.29 is 9.15 Å². The summed E-state index contributed by atoms with van der Waals surface area (Å²) >= 11 is 13.9. The molecule has 182 valence electrons. The molecule has 0 bridgehead atoms. The molecule has 2 aromatic carbocycles. The lowest BCUT2D eigenvalue weighted by atomic mass is 9.89. The minimum atomic E-state index is 0.560. The van der Waals surface area contributed by atoms with Gasteiger partial charge < -0.3 is 14.1 Å². The van der Waals surface area contributed by atoms with Crippen molar-refractivity contribution in [2.24, 2.45) is 0 Å². The van der Waals surface area contributed by atoms with Gasteiger partial charge in [0.15, 0.2) is 0 Å². The summed E-state index contributed by atoms with van der Waals surface area (Å²) in [6.45, 7) is 5.87. The maximum atomic E-state index is 6.20. The zero-order valence-electron chi connectivity index (χ0n) is 19.7. The van der Waals surface area contributed by atoms with E-state index in [1.807, 2.05) is 31.2 Å². The Labute approximate surface area is 220 Å². The number of piperidine rings is 1. The van der Waals surface area contributed by atoms with Crippen molar-refractivity contribution in [2.75, 3.05) is 26.2 Å². The Kier molecular flexibility index (Phi) is 8.75. The van der Waals surface area contributed by atoms with E-state index >= 15 is 0 Å². The van der Waals surface area contributed by atoms with Gasteiger partial charge in [-0.05, 0) is 81.1 Å². The number of thiophene rings is 1. The predicted molar refractivity (Wildman–Crippen MR) is 147 cm³/mol. The Balaban J connectivity index is 0.00000141. The molecule has 2 aromatic heterocycles. The molecule has 0 N–H and O–H groups in total. The molecule has 1 fully saturated rings. The lowest BCUT2D eigenvalue weighted by molar-refractivity contribution is 0.193. The number of aromatic nitrogens is 1. The molecular formula is C28H28Cl2N2O2S. The second kappa shape index (κ2) is 12.0. The van der Waals surface area contributed by atoms with Crippen LogP contribution < -0.4 is 4.74 Å². The van der Waals surface area contributed by atoms with Crippen LogP contribution >= 0.6 is 34.5 Å². The monoisotopic (exact) mass is 526 g/mol. The van der Waals surface area contributed by atoms with Gasteiger partial charge in [-0.15, -0.1) is 24.2 Å². The summed E-state index contributed by atoms with van der Waals surface area (Å²) in [7, 11) is 0. The van der Waals surface area contributed by atoms with Crippen LogP contribution in [0.5, 0.6) is 5.75 Å². The number of likely N-dealkylation sites (tertiary alicyclic amines) is 1. The summed E-state index contributed by atoms with van der Waals surface area (Å²) < 4.78 is 13.1. The van der Waals surface area contributed by atoms with Crippen LogP contribution in [0.1, 0.15) is 36.5 Å². The van der Waals surface area contributed by atoms with Gasteiger partial charge in [0.25, 0.3) is 0 Å². The number of fused-ring (bicyclic) bond motifs is 1. The minimum Gasteiger partial charge on any atom is -0.493 e. The smallest absolute Gasteiger partial charge is 0.236 e. The maximum Gasteiger partial charge on any atom is 0.236 e. The lowest BCUT2D eigenvalue weighted by Gasteiger charge is -2.32. The molecule has 0 atom stereocenters. The Bertz CT molecular complexity index is 1290. The van der Waals surface area contributed by atoms with Crippen LogP contribution in [0.3, 0.4) is 0 Å². The molecule has 0 amide bonds. The molecule has 5 rings (SSSR count). The Morgan fingerprint density at radius 3 is 2.63 bits per heavy atom. The van der Waals surface area contributed by atoms with E-state index in [0.717, 1.165) is 60.7 Å². The third kappa shape index (κ3) is 6.20. The first-order chi connectivity index (χ1) is 17.1. The van der Waals surface area contributed by atoms with E-state index in [1.165, 1.54) is 10.3 Å². The fraction of sp³-hybridized carbons (Fsp3) is 0.321. The summed E-state index contributed by atoms with van der Waals surface area (Å²) in [6.07, 6.45) is 13.1. The first kappa shape index (κ1) is 25.6. The van der Waals surface area contributed by atoms with Crippen LogP contribution in [0.15, 0.2) is 53.1 Å². The molecule has 4 aromatic rings. The SMILES string of the molecule is C#C.Cc1cnc(-c2cc3c(OCCCN4CCC(c5ccc(Cl)c(Cl)c5)CC4)cccc3s2)o1. The number of rotatable bonds is 7. The molecule has 3 heterocycles. The largest absolute Gasteiger partial charge is 0.493 e. The molecule has 1 saturated heterocycles. The van der Waals surface area contributed by atoms with Gasteiger partial charge in [0.1, 0.15) is 11.5 Å². The average Bonchev–Trinajstić information content (AvgIpc) is 3.52. The topological polar surface area (TPSA) is 38.5 Å². The van der Waals surface area contributed by atoms with Crippen molar-refractivity contribution in [2.45, 2.75) is 32.1 Å². The summed E-state index contributed by atoms with van der Waals surface area (Å²) in [5.41, 5.74) is 1.30. The van der Waals surface area contributed by atoms with Crippen molar-refractivity contribution >= 4 is 44.6 Å². The quantitative estimate of drug-likeness (QED) is 0.180. The number of oxazole rings is 1. The fourth-order valence-corrected chi connectivity index (χ4v) is 5.78. The molecule has 0 saturated carbocycles. The van der Waals surface area contributed by atoms with Gasteiger partial charge >= 0.3 is 0 Å². The molecular weight excluding hydrogens is 499 g/mol. The first-order valence-electron chi connectivity index (χ1n) is 11.7. The molecule has 4 nitrogen and oxygen atoms in total. The third-order valence-corrected chi connectivity index (χ3v) is 8.06. The molecule has 7 heteroatoms. The van der Waals surface area contributed by atoms with E-state index in [2.05, 4.69) is 40.9 Å². The molecule has 0 unspecified atom stereocenters. The summed E-state index contributed by atoms with van der Waals surface area (Å²) in [5, 5.41) is 2.40. The van der Waals surface area contributed by atoms with Crippen LogP contribution in [0.25, 0.3) is 20.9 Å². The van der Waals surface area contributed by atoms with Crippen LogP contribution in [0.2, 0.25) is 10.0 Å². The first-order valence-corrected chi connectivity index (χ1v) is 13.2. The van der Waals surface area contributed by atoms with Crippen LogP contribution in [0.4, 0.5) is 0 Å². The number of benzene rings is 2. The number of hydrogen-bond donors (Lipinski definition) is 0. The normalized spacial score (nSPS) is 14.5. The van der Waals surface area contributed by atoms with Crippen molar-refractivity contribution in [1.82, 2.24) is 9.88 Å². The molecule has 0 aliphatic carbocycles. The van der Waals surface area contributed by atoms with Gasteiger partial charge in [0.2, 0.25) is 5.89 Å². The summed E-state index contributed by atoms with van der Waals surface area (Å²) in [6, 6.07) is 14.4. The third-order valence-electron chi connectivity index (χ3n) is 6.23. The second-order valence-electron chi connectivity index (χ2n) is 8.55. The van der Waals surface area contributed by atoms with E-state index in [4.69, 9.17) is 32.4 Å². The number of ether oxygens (including phenoxy) is 1. The average molecular weight is 528 g/mol.